The average molecular weight is 1070 g/mol. The van der Waals surface area contributed by atoms with Gasteiger partial charge in [0.2, 0.25) is 35.4 Å². The topological polar surface area (TPSA) is 274 Å². The summed E-state index contributed by atoms with van der Waals surface area (Å²) in [6.45, 7) is 14.7. The Bertz CT molecular complexity index is 2260. The van der Waals surface area contributed by atoms with E-state index >= 15 is 0 Å². The molecular weight excluding hydrogens is 985 g/mol. The van der Waals surface area contributed by atoms with E-state index < -0.39 is 77.5 Å². The van der Waals surface area contributed by atoms with Gasteiger partial charge in [-0.1, -0.05) is 85.9 Å². The molecule has 2 fully saturated rings. The molecule has 7 N–H and O–H groups in total. The van der Waals surface area contributed by atoms with Crippen LogP contribution in [0.25, 0.3) is 10.9 Å². The zero-order chi connectivity index (χ0) is 55.8. The molecule has 0 bridgehead atoms. The van der Waals surface area contributed by atoms with Crippen molar-refractivity contribution < 1.29 is 58.0 Å². The SMILES string of the molecule is CCC(C)C(C(CC(=O)N1CCC[C@H]1C(OC)C(C)C(=O)NC(Cc1c[nH]c2ccccc12)C(=O)O)OC)N(C)C(=O)C(NC(=O)C(C(C)C)N(C)CCCCCCN1C(=O)CC(SCC(N)C(=O)O)C1=O)C(C)C. The Balaban J connectivity index is 1.36. The lowest BCUT2D eigenvalue weighted by Crippen LogP contribution is -2.60. The highest BCUT2D eigenvalue weighted by atomic mass is 32.2. The number of carbonyl (C=O) groups is 8. The van der Waals surface area contributed by atoms with Crippen LogP contribution in [0.15, 0.2) is 30.5 Å². The number of nitrogens with zero attached hydrogens (tertiary/aromatic N) is 4. The van der Waals surface area contributed by atoms with Crippen LogP contribution in [-0.4, -0.2) is 190 Å². The lowest BCUT2D eigenvalue weighted by molar-refractivity contribution is -0.148. The highest BCUT2D eigenvalue weighted by Crippen LogP contribution is 2.31. The molecule has 11 atom stereocenters. The Hall–Kier alpha value is -5.09. The van der Waals surface area contributed by atoms with Crippen molar-refractivity contribution in [3.05, 3.63) is 36.0 Å². The summed E-state index contributed by atoms with van der Waals surface area (Å²) in [6, 6.07) is 2.75. The molecule has 6 amide bonds. The molecule has 420 valence electrons. The number of ether oxygens (including phenoxy) is 2. The van der Waals surface area contributed by atoms with Crippen LogP contribution in [0.3, 0.4) is 0 Å². The second kappa shape index (κ2) is 29.4. The lowest BCUT2D eigenvalue weighted by atomic mass is 9.89. The van der Waals surface area contributed by atoms with E-state index in [2.05, 4.69) is 15.6 Å². The highest BCUT2D eigenvalue weighted by Gasteiger charge is 2.44. The molecule has 21 heteroatoms. The fourth-order valence-corrected chi connectivity index (χ4v) is 11.9. The van der Waals surface area contributed by atoms with Crippen LogP contribution in [-0.2, 0) is 54.3 Å². The number of carbonyl (C=O) groups excluding carboxylic acids is 6. The molecule has 1 aromatic carbocycles. The van der Waals surface area contributed by atoms with Gasteiger partial charge in [0, 0.05) is 70.1 Å². The number of aromatic nitrogens is 1. The van der Waals surface area contributed by atoms with Crippen molar-refractivity contribution in [1.29, 1.82) is 0 Å². The van der Waals surface area contributed by atoms with Crippen molar-refractivity contribution in [3.8, 4) is 0 Å². The number of carboxylic acid groups (broad SMARTS) is 2. The van der Waals surface area contributed by atoms with Crippen LogP contribution < -0.4 is 16.4 Å². The smallest absolute Gasteiger partial charge is 0.326 e. The Morgan fingerprint density at radius 2 is 1.59 bits per heavy atom. The third-order valence-corrected chi connectivity index (χ3v) is 16.5. The molecule has 0 spiro atoms. The van der Waals surface area contributed by atoms with E-state index in [9.17, 15) is 43.5 Å². The number of imide groups is 1. The first-order valence-electron chi connectivity index (χ1n) is 26.6. The van der Waals surface area contributed by atoms with E-state index in [0.29, 0.717) is 38.8 Å². The molecule has 0 aliphatic carbocycles. The molecular formula is C54H86N8O12S. The molecule has 75 heavy (non-hydrogen) atoms. The molecule has 4 rings (SSSR count). The number of aliphatic carboxylic acids is 2. The average Bonchev–Trinajstić information content (AvgIpc) is 4.09. The summed E-state index contributed by atoms with van der Waals surface area (Å²) in [5, 5.41) is 25.3. The van der Waals surface area contributed by atoms with E-state index in [4.69, 9.17) is 20.3 Å². The monoisotopic (exact) mass is 1070 g/mol. The Morgan fingerprint density at radius 1 is 0.907 bits per heavy atom. The zero-order valence-corrected chi connectivity index (χ0v) is 46.9. The number of hydrogen-bond acceptors (Lipinski definition) is 13. The van der Waals surface area contributed by atoms with E-state index in [-0.39, 0.29) is 78.8 Å². The number of likely N-dealkylation sites (tertiary alicyclic amines) is 2. The maximum Gasteiger partial charge on any atom is 0.326 e. The van der Waals surface area contributed by atoms with Crippen LogP contribution in [0, 0.1) is 23.7 Å². The second-order valence-electron chi connectivity index (χ2n) is 21.2. The minimum atomic E-state index is -1.20. The number of likely N-dealkylation sites (N-methyl/N-ethyl adjacent to an activating group) is 2. The van der Waals surface area contributed by atoms with Crippen molar-refractivity contribution >= 4 is 70.0 Å². The van der Waals surface area contributed by atoms with Gasteiger partial charge in [0.1, 0.15) is 18.1 Å². The van der Waals surface area contributed by atoms with Gasteiger partial charge in [0.15, 0.2) is 0 Å². The number of fused-ring (bicyclic) bond motifs is 1. The van der Waals surface area contributed by atoms with Gasteiger partial charge in [0.05, 0.1) is 47.9 Å². The molecule has 3 heterocycles. The van der Waals surface area contributed by atoms with Crippen LogP contribution in [0.2, 0.25) is 0 Å². The normalized spacial score (nSPS) is 19.7. The van der Waals surface area contributed by atoms with Crippen LogP contribution in [0.5, 0.6) is 0 Å². The van der Waals surface area contributed by atoms with Gasteiger partial charge in [-0.2, -0.15) is 0 Å². The second-order valence-corrected chi connectivity index (χ2v) is 22.5. The molecule has 2 saturated heterocycles. The fourth-order valence-electron chi connectivity index (χ4n) is 10.7. The zero-order valence-electron chi connectivity index (χ0n) is 46.0. The summed E-state index contributed by atoms with van der Waals surface area (Å²) < 4.78 is 12.0. The van der Waals surface area contributed by atoms with Crippen LogP contribution in [0.4, 0.5) is 0 Å². The lowest BCUT2D eigenvalue weighted by Gasteiger charge is -2.41. The molecule has 2 aromatic rings. The predicted molar refractivity (Wildman–Crippen MR) is 287 cm³/mol. The minimum Gasteiger partial charge on any atom is -0.480 e. The van der Waals surface area contributed by atoms with Gasteiger partial charge in [-0.25, -0.2) is 4.79 Å². The number of carboxylic acids is 2. The maximum absolute atomic E-state index is 14.7. The summed E-state index contributed by atoms with van der Waals surface area (Å²) in [5.41, 5.74) is 7.20. The van der Waals surface area contributed by atoms with E-state index in [1.165, 1.54) is 19.1 Å². The Labute approximate surface area is 447 Å². The number of methoxy groups -OCH3 is 2. The first-order valence-corrected chi connectivity index (χ1v) is 27.7. The summed E-state index contributed by atoms with van der Waals surface area (Å²) in [7, 11) is 6.58. The van der Waals surface area contributed by atoms with Crippen LogP contribution >= 0.6 is 11.8 Å². The van der Waals surface area contributed by atoms with Gasteiger partial charge in [-0.15, -0.1) is 11.8 Å². The molecule has 0 saturated carbocycles. The highest BCUT2D eigenvalue weighted by molar-refractivity contribution is 8.00. The Kier molecular flexibility index (Phi) is 24.5. The van der Waals surface area contributed by atoms with E-state index in [1.54, 1.807) is 30.0 Å². The molecule has 2 aliphatic heterocycles. The number of nitrogens with one attached hydrogen (secondary N) is 3. The fraction of sp³-hybridized carbons (Fsp3) is 0.704. The van der Waals surface area contributed by atoms with Gasteiger partial charge in [-0.3, -0.25) is 43.4 Å². The standard InChI is InChI=1S/C54H86N8O12S/c1-12-33(6)47(41(73-10)27-43(63)61-25-19-22-40(61)48(74-11)34(7)49(65)57-39(54(71)72)26-35-29-56-38-21-16-15-20-36(35)38)60(9)52(68)45(31(2)3)58-50(66)46(32(4)5)59(8)23-17-13-14-18-24-62-44(64)28-42(51(62)67)75-30-37(55)53(69)70/h15-16,20-21,29,31-34,37,39-42,45-48,56H,12-14,17-19,22-28,30,55H2,1-11H3,(H,57,65)(H,58,66)(H,69,70)(H,71,72)/t33?,34?,37?,39?,40-,41?,42?,45?,46?,47?,48?/m0/s1. The van der Waals surface area contributed by atoms with Gasteiger partial charge < -0.3 is 50.8 Å². The molecule has 0 radical (unpaired) electrons. The van der Waals surface area contributed by atoms with Gasteiger partial charge in [0.25, 0.3) is 0 Å². The number of para-hydroxylation sites is 1. The van der Waals surface area contributed by atoms with Crippen molar-refractivity contribution in [3.63, 3.8) is 0 Å². The number of hydrogen-bond donors (Lipinski definition) is 6. The molecule has 1 aromatic heterocycles. The van der Waals surface area contributed by atoms with Gasteiger partial charge >= 0.3 is 11.9 Å². The summed E-state index contributed by atoms with van der Waals surface area (Å²) in [5.74, 6) is -5.51. The summed E-state index contributed by atoms with van der Waals surface area (Å²) in [4.78, 5) is 116. The number of benzene rings is 1. The van der Waals surface area contributed by atoms with E-state index in [0.717, 1.165) is 47.5 Å². The van der Waals surface area contributed by atoms with Gasteiger partial charge in [-0.05, 0) is 68.7 Å². The summed E-state index contributed by atoms with van der Waals surface area (Å²) in [6.07, 6.45) is 5.11. The number of aromatic amines is 1. The predicted octanol–water partition coefficient (Wildman–Crippen LogP) is 4.13. The number of rotatable bonds is 32. The Morgan fingerprint density at radius 3 is 2.20 bits per heavy atom. The number of unbranched alkanes of at least 4 members (excludes halogenated alkanes) is 3. The number of amides is 6. The van der Waals surface area contributed by atoms with Crippen LogP contribution in [0.1, 0.15) is 112 Å². The summed E-state index contributed by atoms with van der Waals surface area (Å²) >= 11 is 1.10. The minimum absolute atomic E-state index is 0.0304. The number of thioether (sulfide) groups is 1. The first kappa shape index (κ1) is 62.4. The van der Waals surface area contributed by atoms with Crippen molar-refractivity contribution in [2.45, 2.75) is 166 Å². The maximum atomic E-state index is 14.7. The third kappa shape index (κ3) is 16.5. The quantitative estimate of drug-likeness (QED) is 0.0444. The molecule has 10 unspecified atom stereocenters. The number of nitrogens with two attached hydrogens (primary N) is 1. The van der Waals surface area contributed by atoms with Crippen molar-refractivity contribution in [1.82, 2.24) is 35.2 Å². The van der Waals surface area contributed by atoms with E-state index in [1.807, 2.05) is 77.8 Å². The first-order chi connectivity index (χ1) is 35.5. The number of H-pyrrole nitrogens is 1. The van der Waals surface area contributed by atoms with Crippen molar-refractivity contribution in [2.75, 3.05) is 53.7 Å². The third-order valence-electron chi connectivity index (χ3n) is 15.2. The van der Waals surface area contributed by atoms with Crippen molar-refractivity contribution in [2.24, 2.45) is 29.4 Å². The largest absolute Gasteiger partial charge is 0.480 e. The molecule has 20 nitrogen and oxygen atoms in total. The molecule has 2 aliphatic rings.